The number of fused-ring (bicyclic) bond motifs is 1. The summed E-state index contributed by atoms with van der Waals surface area (Å²) in [6, 6.07) is 10.2. The molecule has 1 aliphatic rings. The number of methoxy groups -OCH3 is 1. The maximum atomic E-state index is 5.24. The lowest BCUT2D eigenvalue weighted by Crippen LogP contribution is -2.46. The topological polar surface area (TPSA) is 58.8 Å². The zero-order valence-electron chi connectivity index (χ0n) is 17.2. The van der Waals surface area contributed by atoms with E-state index in [2.05, 4.69) is 43.5 Å². The van der Waals surface area contributed by atoms with Crippen molar-refractivity contribution in [3.63, 3.8) is 0 Å². The minimum absolute atomic E-state index is 0.865. The molecule has 0 saturated carbocycles. The third kappa shape index (κ3) is 3.76. The summed E-state index contributed by atoms with van der Waals surface area (Å²) in [5, 5.41) is 7.73. The lowest BCUT2D eigenvalue weighted by atomic mass is 10.2. The summed E-state index contributed by atoms with van der Waals surface area (Å²) in [6.45, 7) is 6.78. The molecule has 0 unspecified atom stereocenters. The fourth-order valence-electron chi connectivity index (χ4n) is 3.87. The number of aryl methyl sites for hydroxylation is 1. The van der Waals surface area contributed by atoms with Gasteiger partial charge in [0, 0.05) is 56.1 Å². The molecule has 1 aliphatic heterocycles. The van der Waals surface area contributed by atoms with Gasteiger partial charge in [-0.15, -0.1) is 11.3 Å². The van der Waals surface area contributed by atoms with E-state index in [1.54, 1.807) is 18.4 Å². The summed E-state index contributed by atoms with van der Waals surface area (Å²) in [5.74, 6) is 1.89. The van der Waals surface area contributed by atoms with E-state index in [4.69, 9.17) is 9.72 Å². The minimum Gasteiger partial charge on any atom is -0.497 e. The summed E-state index contributed by atoms with van der Waals surface area (Å²) >= 11 is 1.70. The van der Waals surface area contributed by atoms with Gasteiger partial charge >= 0.3 is 0 Å². The number of thiazole rings is 1. The molecular weight excluding hydrogens is 396 g/mol. The number of nitrogens with zero attached hydrogens (tertiary/aromatic N) is 6. The van der Waals surface area contributed by atoms with Crippen LogP contribution in [0.15, 0.2) is 48.1 Å². The zero-order chi connectivity index (χ0) is 20.5. The van der Waals surface area contributed by atoms with Gasteiger partial charge in [-0.25, -0.2) is 14.5 Å². The lowest BCUT2D eigenvalue weighted by Gasteiger charge is -2.35. The first-order chi connectivity index (χ1) is 14.7. The number of anilines is 1. The van der Waals surface area contributed by atoms with Gasteiger partial charge in [0.15, 0.2) is 5.82 Å². The molecule has 30 heavy (non-hydrogen) atoms. The van der Waals surface area contributed by atoms with Crippen LogP contribution >= 0.6 is 11.3 Å². The van der Waals surface area contributed by atoms with Crippen molar-refractivity contribution in [2.45, 2.75) is 13.5 Å². The van der Waals surface area contributed by atoms with E-state index in [0.717, 1.165) is 71.8 Å². The Hall–Kier alpha value is -2.97. The van der Waals surface area contributed by atoms with Gasteiger partial charge in [-0.2, -0.15) is 5.10 Å². The van der Waals surface area contributed by atoms with Crippen molar-refractivity contribution in [3.8, 4) is 16.3 Å². The summed E-state index contributed by atoms with van der Waals surface area (Å²) in [4.78, 5) is 14.3. The van der Waals surface area contributed by atoms with Gasteiger partial charge in [-0.3, -0.25) is 4.90 Å². The molecule has 4 heterocycles. The maximum absolute atomic E-state index is 5.24. The van der Waals surface area contributed by atoms with E-state index in [-0.39, 0.29) is 0 Å². The van der Waals surface area contributed by atoms with E-state index in [1.165, 1.54) is 0 Å². The van der Waals surface area contributed by atoms with Crippen LogP contribution in [0.1, 0.15) is 11.4 Å². The Kier molecular flexibility index (Phi) is 5.10. The van der Waals surface area contributed by atoms with Crippen LogP contribution in [0.2, 0.25) is 0 Å². The first kappa shape index (κ1) is 19.0. The standard InChI is InChI=1S/C22H24N6OS/c1-16-13-20-21(23-7-8-28(20)25-16)27-11-9-26(10-12-27)14-18-15-30-22(24-18)17-3-5-19(29-2)6-4-17/h3-8,13,15H,9-12,14H2,1-2H3. The average Bonchev–Trinajstić information content (AvgIpc) is 3.40. The zero-order valence-corrected chi connectivity index (χ0v) is 18.0. The molecule has 0 aliphatic carbocycles. The highest BCUT2D eigenvalue weighted by Gasteiger charge is 2.21. The van der Waals surface area contributed by atoms with Crippen LogP contribution in [-0.4, -0.2) is 57.8 Å². The summed E-state index contributed by atoms with van der Waals surface area (Å²) in [5.41, 5.74) is 4.35. The van der Waals surface area contributed by atoms with Crippen LogP contribution in [-0.2, 0) is 6.54 Å². The third-order valence-electron chi connectivity index (χ3n) is 5.44. The molecule has 7 nitrogen and oxygen atoms in total. The number of hydrogen-bond donors (Lipinski definition) is 0. The van der Waals surface area contributed by atoms with E-state index < -0.39 is 0 Å². The van der Waals surface area contributed by atoms with Crippen molar-refractivity contribution in [3.05, 3.63) is 59.5 Å². The Labute approximate surface area is 179 Å². The molecule has 0 atom stereocenters. The van der Waals surface area contributed by atoms with Crippen molar-refractivity contribution in [2.75, 3.05) is 38.2 Å². The number of hydrogen-bond acceptors (Lipinski definition) is 7. The van der Waals surface area contributed by atoms with Gasteiger partial charge < -0.3 is 9.64 Å². The molecule has 8 heteroatoms. The fourth-order valence-corrected chi connectivity index (χ4v) is 4.68. The van der Waals surface area contributed by atoms with Crippen LogP contribution in [0, 0.1) is 6.92 Å². The minimum atomic E-state index is 0.865. The van der Waals surface area contributed by atoms with Gasteiger partial charge in [0.2, 0.25) is 0 Å². The summed E-state index contributed by atoms with van der Waals surface area (Å²) in [7, 11) is 1.68. The number of aromatic nitrogens is 4. The normalized spacial score (nSPS) is 15.1. The second-order valence-electron chi connectivity index (χ2n) is 7.50. The molecule has 0 radical (unpaired) electrons. The van der Waals surface area contributed by atoms with Crippen LogP contribution in [0.3, 0.4) is 0 Å². The molecule has 0 N–H and O–H groups in total. The van der Waals surface area contributed by atoms with Crippen LogP contribution < -0.4 is 9.64 Å². The largest absolute Gasteiger partial charge is 0.497 e. The van der Waals surface area contributed by atoms with Crippen molar-refractivity contribution in [1.82, 2.24) is 24.5 Å². The SMILES string of the molecule is COc1ccc(-c2nc(CN3CCN(c4nccn5nc(C)cc45)CC3)cs2)cc1. The van der Waals surface area contributed by atoms with Crippen molar-refractivity contribution >= 4 is 22.7 Å². The molecule has 1 saturated heterocycles. The van der Waals surface area contributed by atoms with Gasteiger partial charge in [0.05, 0.1) is 18.5 Å². The van der Waals surface area contributed by atoms with Crippen molar-refractivity contribution in [2.24, 2.45) is 0 Å². The van der Waals surface area contributed by atoms with Crippen molar-refractivity contribution in [1.29, 1.82) is 0 Å². The number of rotatable bonds is 5. The first-order valence-electron chi connectivity index (χ1n) is 10.1. The average molecular weight is 421 g/mol. The fraction of sp³-hybridized carbons (Fsp3) is 0.318. The predicted molar refractivity (Wildman–Crippen MR) is 119 cm³/mol. The van der Waals surface area contributed by atoms with Crippen LogP contribution in [0.5, 0.6) is 5.75 Å². The molecule has 3 aromatic heterocycles. The Bertz CT molecular complexity index is 1140. The molecule has 4 aromatic rings. The molecule has 0 spiro atoms. The molecule has 0 amide bonds. The van der Waals surface area contributed by atoms with Gasteiger partial charge in [0.25, 0.3) is 0 Å². The number of benzene rings is 1. The van der Waals surface area contributed by atoms with Gasteiger partial charge in [-0.1, -0.05) is 0 Å². The highest BCUT2D eigenvalue weighted by Crippen LogP contribution is 2.27. The third-order valence-corrected chi connectivity index (χ3v) is 6.38. The van der Waals surface area contributed by atoms with E-state index in [0.29, 0.717) is 0 Å². The molecular formula is C22H24N6OS. The van der Waals surface area contributed by atoms with E-state index >= 15 is 0 Å². The van der Waals surface area contributed by atoms with Crippen LogP contribution in [0.25, 0.3) is 16.1 Å². The van der Waals surface area contributed by atoms with Crippen molar-refractivity contribution < 1.29 is 4.74 Å². The quantitative estimate of drug-likeness (QED) is 0.493. The Morgan fingerprint density at radius 2 is 1.90 bits per heavy atom. The smallest absolute Gasteiger partial charge is 0.154 e. The second-order valence-corrected chi connectivity index (χ2v) is 8.36. The predicted octanol–water partition coefficient (Wildman–Crippen LogP) is 3.49. The molecule has 154 valence electrons. The second kappa shape index (κ2) is 8.04. The maximum Gasteiger partial charge on any atom is 0.154 e. The first-order valence-corrected chi connectivity index (χ1v) is 10.9. The number of ether oxygens (including phenoxy) is 1. The van der Waals surface area contributed by atoms with E-state index in [1.807, 2.05) is 36.0 Å². The molecule has 5 rings (SSSR count). The van der Waals surface area contributed by atoms with Gasteiger partial charge in [0.1, 0.15) is 16.3 Å². The highest BCUT2D eigenvalue weighted by molar-refractivity contribution is 7.13. The lowest BCUT2D eigenvalue weighted by molar-refractivity contribution is 0.247. The number of piperazine rings is 1. The molecule has 1 fully saturated rings. The Morgan fingerprint density at radius 3 is 2.67 bits per heavy atom. The molecule has 1 aromatic carbocycles. The van der Waals surface area contributed by atoms with Crippen LogP contribution in [0.4, 0.5) is 5.82 Å². The van der Waals surface area contributed by atoms with E-state index in [9.17, 15) is 0 Å². The highest BCUT2D eigenvalue weighted by atomic mass is 32.1. The molecule has 0 bridgehead atoms. The van der Waals surface area contributed by atoms with Gasteiger partial charge in [-0.05, 0) is 37.3 Å². The monoisotopic (exact) mass is 420 g/mol. The summed E-state index contributed by atoms with van der Waals surface area (Å²) < 4.78 is 7.16. The summed E-state index contributed by atoms with van der Waals surface area (Å²) in [6.07, 6.45) is 3.74. The Morgan fingerprint density at radius 1 is 1.10 bits per heavy atom. The Balaban J connectivity index is 1.23.